The number of hydrogen-bond donors (Lipinski definition) is 1. The standard InChI is InChI=1S/C20H35N3O/c1-5-6-7-14-24-19-10-8-18(9-11-19)20(16-22(3)4)23-13-12-21-15-17(23)2/h8-11,17,20-21H,5-7,12-16H2,1-4H3. The molecule has 2 rings (SSSR count). The highest BCUT2D eigenvalue weighted by atomic mass is 16.5. The molecule has 1 N–H and O–H groups in total. The van der Waals surface area contributed by atoms with E-state index in [1.807, 2.05) is 0 Å². The van der Waals surface area contributed by atoms with E-state index in [0.29, 0.717) is 12.1 Å². The van der Waals surface area contributed by atoms with E-state index in [1.54, 1.807) is 0 Å². The van der Waals surface area contributed by atoms with Gasteiger partial charge < -0.3 is 15.0 Å². The number of unbranched alkanes of at least 4 members (excludes halogenated alkanes) is 2. The normalized spacial score (nSPS) is 20.3. The molecule has 1 aliphatic heterocycles. The first-order valence-corrected chi connectivity index (χ1v) is 9.45. The number of nitrogens with zero attached hydrogens (tertiary/aromatic N) is 2. The summed E-state index contributed by atoms with van der Waals surface area (Å²) in [5.41, 5.74) is 1.39. The van der Waals surface area contributed by atoms with Gasteiger partial charge in [-0.1, -0.05) is 31.9 Å². The monoisotopic (exact) mass is 333 g/mol. The van der Waals surface area contributed by atoms with Crippen molar-refractivity contribution in [3.8, 4) is 5.75 Å². The van der Waals surface area contributed by atoms with Gasteiger partial charge in [0.2, 0.25) is 0 Å². The topological polar surface area (TPSA) is 27.7 Å². The van der Waals surface area contributed by atoms with E-state index in [1.165, 1.54) is 18.4 Å². The average molecular weight is 334 g/mol. The number of nitrogens with one attached hydrogen (secondary N) is 1. The molecule has 1 aliphatic rings. The molecule has 1 heterocycles. The minimum Gasteiger partial charge on any atom is -0.494 e. The fraction of sp³-hybridized carbons (Fsp3) is 0.700. The Labute approximate surface area is 148 Å². The number of piperazine rings is 1. The molecule has 1 fully saturated rings. The van der Waals surface area contributed by atoms with Crippen LogP contribution >= 0.6 is 0 Å². The maximum Gasteiger partial charge on any atom is 0.119 e. The van der Waals surface area contributed by atoms with Crippen molar-refractivity contribution in [1.82, 2.24) is 15.1 Å². The van der Waals surface area contributed by atoms with Gasteiger partial charge in [-0.05, 0) is 45.1 Å². The fourth-order valence-corrected chi connectivity index (χ4v) is 3.40. The van der Waals surface area contributed by atoms with Gasteiger partial charge in [0, 0.05) is 38.3 Å². The Bertz CT molecular complexity index is 460. The summed E-state index contributed by atoms with van der Waals surface area (Å²) in [6, 6.07) is 9.77. The fourth-order valence-electron chi connectivity index (χ4n) is 3.40. The Morgan fingerprint density at radius 1 is 1.25 bits per heavy atom. The Morgan fingerprint density at radius 2 is 2.00 bits per heavy atom. The molecule has 4 nitrogen and oxygen atoms in total. The van der Waals surface area contributed by atoms with Crippen molar-refractivity contribution in [2.24, 2.45) is 0 Å². The lowest BCUT2D eigenvalue weighted by Gasteiger charge is -2.41. The predicted molar refractivity (Wildman–Crippen MR) is 102 cm³/mol. The maximum atomic E-state index is 5.86. The second-order valence-corrected chi connectivity index (χ2v) is 7.19. The average Bonchev–Trinajstić information content (AvgIpc) is 2.58. The molecular weight excluding hydrogens is 298 g/mol. The lowest BCUT2D eigenvalue weighted by molar-refractivity contribution is 0.0967. The minimum atomic E-state index is 0.436. The van der Waals surface area contributed by atoms with E-state index >= 15 is 0 Å². The Morgan fingerprint density at radius 3 is 2.62 bits per heavy atom. The summed E-state index contributed by atoms with van der Waals surface area (Å²) in [6.07, 6.45) is 3.61. The van der Waals surface area contributed by atoms with Crippen molar-refractivity contribution in [1.29, 1.82) is 0 Å². The molecule has 0 radical (unpaired) electrons. The summed E-state index contributed by atoms with van der Waals surface area (Å²) in [7, 11) is 4.32. The third-order valence-electron chi connectivity index (χ3n) is 4.77. The van der Waals surface area contributed by atoms with Crippen molar-refractivity contribution in [3.05, 3.63) is 29.8 Å². The van der Waals surface area contributed by atoms with E-state index in [2.05, 4.69) is 67.3 Å². The quantitative estimate of drug-likeness (QED) is 0.703. The second kappa shape index (κ2) is 10.0. The number of likely N-dealkylation sites (N-methyl/N-ethyl adjacent to an activating group) is 1. The SMILES string of the molecule is CCCCCOc1ccc(C(CN(C)C)N2CCNCC2C)cc1. The first-order valence-electron chi connectivity index (χ1n) is 9.45. The van der Waals surface area contributed by atoms with Crippen LogP contribution in [-0.4, -0.2) is 62.7 Å². The van der Waals surface area contributed by atoms with Gasteiger partial charge in [-0.3, -0.25) is 4.90 Å². The van der Waals surface area contributed by atoms with E-state index in [4.69, 9.17) is 4.74 Å². The Kier molecular flexibility index (Phi) is 8.03. The molecule has 1 aromatic carbocycles. The molecule has 2 atom stereocenters. The van der Waals surface area contributed by atoms with Crippen LogP contribution in [0.4, 0.5) is 0 Å². The highest BCUT2D eigenvalue weighted by molar-refractivity contribution is 5.29. The van der Waals surface area contributed by atoms with Crippen molar-refractivity contribution < 1.29 is 4.74 Å². The first kappa shape index (κ1) is 19.2. The van der Waals surface area contributed by atoms with Gasteiger partial charge in [0.15, 0.2) is 0 Å². The van der Waals surface area contributed by atoms with Crippen molar-refractivity contribution in [2.75, 3.05) is 46.9 Å². The minimum absolute atomic E-state index is 0.436. The number of ether oxygens (including phenoxy) is 1. The molecule has 0 aliphatic carbocycles. The lowest BCUT2D eigenvalue weighted by atomic mass is 10.0. The predicted octanol–water partition coefficient (Wildman–Crippen LogP) is 3.15. The van der Waals surface area contributed by atoms with E-state index in [9.17, 15) is 0 Å². The van der Waals surface area contributed by atoms with Gasteiger partial charge in [0.25, 0.3) is 0 Å². The van der Waals surface area contributed by atoms with E-state index in [-0.39, 0.29) is 0 Å². The summed E-state index contributed by atoms with van der Waals surface area (Å²) in [4.78, 5) is 4.92. The molecule has 0 aromatic heterocycles. The van der Waals surface area contributed by atoms with Crippen LogP contribution in [0.3, 0.4) is 0 Å². The molecule has 0 saturated carbocycles. The highest BCUT2D eigenvalue weighted by Crippen LogP contribution is 2.26. The van der Waals surface area contributed by atoms with Crippen molar-refractivity contribution in [3.63, 3.8) is 0 Å². The largest absolute Gasteiger partial charge is 0.494 e. The van der Waals surface area contributed by atoms with Crippen molar-refractivity contribution >= 4 is 0 Å². The maximum absolute atomic E-state index is 5.86. The lowest BCUT2D eigenvalue weighted by Crippen LogP contribution is -2.52. The van der Waals surface area contributed by atoms with Crippen LogP contribution in [0.2, 0.25) is 0 Å². The number of hydrogen-bond acceptors (Lipinski definition) is 4. The Balaban J connectivity index is 2.03. The van der Waals surface area contributed by atoms with E-state index in [0.717, 1.165) is 45.0 Å². The second-order valence-electron chi connectivity index (χ2n) is 7.19. The van der Waals surface area contributed by atoms with Crippen LogP contribution in [0.1, 0.15) is 44.7 Å². The van der Waals surface area contributed by atoms with Crippen LogP contribution < -0.4 is 10.1 Å². The smallest absolute Gasteiger partial charge is 0.119 e. The van der Waals surface area contributed by atoms with Gasteiger partial charge in [-0.15, -0.1) is 0 Å². The molecule has 1 saturated heterocycles. The summed E-state index contributed by atoms with van der Waals surface area (Å²) >= 11 is 0. The van der Waals surface area contributed by atoms with Crippen molar-refractivity contribution in [2.45, 2.75) is 45.2 Å². The Hall–Kier alpha value is -1.10. The molecule has 0 bridgehead atoms. The molecule has 2 unspecified atom stereocenters. The molecule has 0 spiro atoms. The van der Waals surface area contributed by atoms with Crippen LogP contribution in [0.5, 0.6) is 5.75 Å². The summed E-state index contributed by atoms with van der Waals surface area (Å²) in [6.45, 7) is 9.66. The third kappa shape index (κ3) is 5.76. The first-order chi connectivity index (χ1) is 11.6. The van der Waals surface area contributed by atoms with E-state index < -0.39 is 0 Å². The molecule has 4 heteroatoms. The zero-order chi connectivity index (χ0) is 17.4. The molecular formula is C20H35N3O. The zero-order valence-corrected chi connectivity index (χ0v) is 15.9. The molecule has 0 amide bonds. The summed E-state index contributed by atoms with van der Waals surface area (Å²) < 4.78 is 5.86. The van der Waals surface area contributed by atoms with Crippen LogP contribution in [-0.2, 0) is 0 Å². The number of rotatable bonds is 9. The number of benzene rings is 1. The van der Waals surface area contributed by atoms with Crippen LogP contribution in [0, 0.1) is 0 Å². The van der Waals surface area contributed by atoms with Gasteiger partial charge in [0.1, 0.15) is 5.75 Å². The summed E-state index contributed by atoms with van der Waals surface area (Å²) in [5.74, 6) is 0.992. The van der Waals surface area contributed by atoms with Gasteiger partial charge in [-0.25, -0.2) is 0 Å². The van der Waals surface area contributed by atoms with Crippen LogP contribution in [0.25, 0.3) is 0 Å². The summed E-state index contributed by atoms with van der Waals surface area (Å²) in [5, 5.41) is 3.49. The van der Waals surface area contributed by atoms with Gasteiger partial charge in [-0.2, -0.15) is 0 Å². The molecule has 1 aromatic rings. The highest BCUT2D eigenvalue weighted by Gasteiger charge is 2.27. The zero-order valence-electron chi connectivity index (χ0n) is 15.9. The van der Waals surface area contributed by atoms with Crippen LogP contribution in [0.15, 0.2) is 24.3 Å². The van der Waals surface area contributed by atoms with Gasteiger partial charge >= 0.3 is 0 Å². The van der Waals surface area contributed by atoms with Gasteiger partial charge in [0.05, 0.1) is 6.61 Å². The third-order valence-corrected chi connectivity index (χ3v) is 4.77. The molecule has 136 valence electrons. The molecule has 24 heavy (non-hydrogen) atoms.